The van der Waals surface area contributed by atoms with Crippen molar-refractivity contribution in [3.05, 3.63) is 76.1 Å². The Labute approximate surface area is 192 Å². The highest BCUT2D eigenvalue weighted by Crippen LogP contribution is 2.52. The van der Waals surface area contributed by atoms with Gasteiger partial charge in [-0.2, -0.15) is 13.2 Å². The summed E-state index contributed by atoms with van der Waals surface area (Å²) >= 11 is 0. The number of carbonyl (C=O) groups is 2. The highest BCUT2D eigenvalue weighted by atomic mass is 19.4. The summed E-state index contributed by atoms with van der Waals surface area (Å²) in [6.45, 7) is 1.69. The first kappa shape index (κ1) is 22.2. The molecule has 1 saturated carbocycles. The minimum atomic E-state index is -4.75. The molecule has 0 unspecified atom stereocenters. The van der Waals surface area contributed by atoms with Crippen LogP contribution in [-0.2, 0) is 25.2 Å². The predicted molar refractivity (Wildman–Crippen MR) is 114 cm³/mol. The van der Waals surface area contributed by atoms with Crippen molar-refractivity contribution in [3.63, 3.8) is 0 Å². The van der Waals surface area contributed by atoms with E-state index in [1.807, 2.05) is 0 Å². The number of amides is 1. The van der Waals surface area contributed by atoms with Crippen LogP contribution in [0.2, 0.25) is 0 Å². The van der Waals surface area contributed by atoms with E-state index >= 15 is 0 Å². The predicted octanol–water partition coefficient (Wildman–Crippen LogP) is 4.66. The van der Waals surface area contributed by atoms with Crippen LogP contribution in [0, 0.1) is 11.7 Å². The largest absolute Gasteiger partial charge is 0.416 e. The van der Waals surface area contributed by atoms with Crippen molar-refractivity contribution in [2.24, 2.45) is 13.0 Å². The molecular formula is C24H20F4N4O2. The molecule has 0 radical (unpaired) electrons. The van der Waals surface area contributed by atoms with Crippen LogP contribution in [0.4, 0.5) is 23.2 Å². The molecule has 6 nitrogen and oxygen atoms in total. The molecule has 2 aliphatic rings. The van der Waals surface area contributed by atoms with Gasteiger partial charge in [0.1, 0.15) is 24.3 Å². The van der Waals surface area contributed by atoms with E-state index in [1.165, 1.54) is 6.07 Å². The Balaban J connectivity index is 1.60. The maximum Gasteiger partial charge on any atom is 0.416 e. The van der Waals surface area contributed by atoms with E-state index in [2.05, 4.69) is 17.1 Å². The van der Waals surface area contributed by atoms with E-state index in [0.29, 0.717) is 30.1 Å². The van der Waals surface area contributed by atoms with Gasteiger partial charge in [-0.05, 0) is 60.2 Å². The fraction of sp³-hybridized carbons (Fsp3) is 0.333. The van der Waals surface area contributed by atoms with Crippen LogP contribution in [0.3, 0.4) is 0 Å². The summed E-state index contributed by atoms with van der Waals surface area (Å²) in [5.41, 5.74) is -1.59. The molecule has 1 amide bonds. The lowest BCUT2D eigenvalue weighted by Crippen LogP contribution is -2.43. The second kappa shape index (κ2) is 7.48. The SMILES string of the molecule is CC1CC(c2cc(F)cc(N3Cc4c(cc(C=O)cc4C(F)(F)F)C3=O)c2)(c2nncn2C)C1. The minimum Gasteiger partial charge on any atom is -0.320 e. The lowest BCUT2D eigenvalue weighted by Gasteiger charge is -2.46. The molecule has 34 heavy (non-hydrogen) atoms. The van der Waals surface area contributed by atoms with Crippen LogP contribution in [-0.4, -0.2) is 27.0 Å². The average molecular weight is 472 g/mol. The zero-order valence-electron chi connectivity index (χ0n) is 18.4. The highest BCUT2D eigenvalue weighted by Gasteiger charge is 2.49. The molecule has 0 saturated heterocycles. The Morgan fingerprint density at radius 3 is 2.47 bits per heavy atom. The summed E-state index contributed by atoms with van der Waals surface area (Å²) < 4.78 is 57.6. The number of rotatable bonds is 4. The van der Waals surface area contributed by atoms with Gasteiger partial charge in [-0.15, -0.1) is 10.2 Å². The van der Waals surface area contributed by atoms with Crippen LogP contribution >= 0.6 is 0 Å². The van der Waals surface area contributed by atoms with E-state index < -0.39 is 28.9 Å². The van der Waals surface area contributed by atoms with Gasteiger partial charge in [-0.1, -0.05) is 6.92 Å². The second-order valence-electron chi connectivity index (χ2n) is 9.16. The van der Waals surface area contributed by atoms with E-state index in [4.69, 9.17) is 0 Å². The van der Waals surface area contributed by atoms with Gasteiger partial charge in [0.15, 0.2) is 0 Å². The summed E-state index contributed by atoms with van der Waals surface area (Å²) in [6.07, 6.45) is -1.53. The zero-order chi connectivity index (χ0) is 24.4. The summed E-state index contributed by atoms with van der Waals surface area (Å²) in [6, 6.07) is 6.03. The van der Waals surface area contributed by atoms with Crippen molar-refractivity contribution in [3.8, 4) is 0 Å². The topological polar surface area (TPSA) is 68.1 Å². The van der Waals surface area contributed by atoms with Gasteiger partial charge in [0.05, 0.1) is 17.5 Å². The van der Waals surface area contributed by atoms with E-state index in [9.17, 15) is 27.2 Å². The molecule has 2 aromatic carbocycles. The third-order valence-corrected chi connectivity index (χ3v) is 6.79. The van der Waals surface area contributed by atoms with Gasteiger partial charge >= 0.3 is 6.18 Å². The third-order valence-electron chi connectivity index (χ3n) is 6.79. The Kier molecular flexibility index (Phi) is 4.89. The maximum absolute atomic E-state index is 14.8. The number of fused-ring (bicyclic) bond motifs is 1. The first-order valence-corrected chi connectivity index (χ1v) is 10.7. The summed E-state index contributed by atoms with van der Waals surface area (Å²) in [5.74, 6) is -0.303. The molecule has 0 bridgehead atoms. The van der Waals surface area contributed by atoms with E-state index in [0.717, 1.165) is 23.1 Å². The lowest BCUT2D eigenvalue weighted by atomic mass is 9.58. The quantitative estimate of drug-likeness (QED) is 0.409. The van der Waals surface area contributed by atoms with Crippen LogP contribution in [0.15, 0.2) is 36.7 Å². The number of hydrogen-bond donors (Lipinski definition) is 0. The number of aromatic nitrogens is 3. The molecule has 2 heterocycles. The molecule has 3 aromatic rings. The number of benzene rings is 2. The molecule has 0 atom stereocenters. The van der Waals surface area contributed by atoms with Gasteiger partial charge in [0.2, 0.25) is 0 Å². The van der Waals surface area contributed by atoms with Crippen LogP contribution in [0.1, 0.15) is 63.0 Å². The summed E-state index contributed by atoms with van der Waals surface area (Å²) in [7, 11) is 1.80. The molecule has 10 heteroatoms. The molecule has 5 rings (SSSR count). The number of nitrogens with zero attached hydrogens (tertiary/aromatic N) is 4. The van der Waals surface area contributed by atoms with Crippen molar-refractivity contribution < 1.29 is 27.2 Å². The second-order valence-corrected chi connectivity index (χ2v) is 9.16. The van der Waals surface area contributed by atoms with E-state index in [-0.39, 0.29) is 35.2 Å². The first-order valence-electron chi connectivity index (χ1n) is 10.7. The fourth-order valence-corrected chi connectivity index (χ4v) is 5.36. The van der Waals surface area contributed by atoms with Crippen molar-refractivity contribution in [1.82, 2.24) is 14.8 Å². The minimum absolute atomic E-state index is 0.151. The van der Waals surface area contributed by atoms with Crippen molar-refractivity contribution >= 4 is 17.9 Å². The van der Waals surface area contributed by atoms with Crippen LogP contribution < -0.4 is 4.90 Å². The lowest BCUT2D eigenvalue weighted by molar-refractivity contribution is -0.138. The number of alkyl halides is 3. The Morgan fingerprint density at radius 2 is 1.88 bits per heavy atom. The number of aldehydes is 1. The number of hydrogen-bond acceptors (Lipinski definition) is 4. The highest BCUT2D eigenvalue weighted by molar-refractivity contribution is 6.11. The van der Waals surface area contributed by atoms with Crippen LogP contribution in [0.25, 0.3) is 0 Å². The average Bonchev–Trinajstić information content (AvgIpc) is 3.32. The standard InChI is InChI=1S/C24H20F4N4O2/c1-13-8-23(9-13,22-30-29-12-31(22)2)15-5-16(25)7-17(6-15)32-10-19-18(21(32)34)3-14(11-33)4-20(19)24(26,27)28/h3-7,11-13H,8-10H2,1-2H3. The van der Waals surface area contributed by atoms with E-state index in [1.54, 1.807) is 24.0 Å². The molecule has 0 spiro atoms. The zero-order valence-corrected chi connectivity index (χ0v) is 18.4. The van der Waals surface area contributed by atoms with Gasteiger partial charge in [0, 0.05) is 23.9 Å². The van der Waals surface area contributed by atoms with Gasteiger partial charge < -0.3 is 9.47 Å². The number of aryl methyl sites for hydroxylation is 1. The Hall–Kier alpha value is -3.56. The molecular weight excluding hydrogens is 452 g/mol. The van der Waals surface area contributed by atoms with Crippen LogP contribution in [0.5, 0.6) is 0 Å². The first-order chi connectivity index (χ1) is 16.0. The van der Waals surface area contributed by atoms with Gasteiger partial charge in [-0.25, -0.2) is 4.39 Å². The molecule has 0 N–H and O–H groups in total. The monoisotopic (exact) mass is 472 g/mol. The normalized spacial score (nSPS) is 22.0. The van der Waals surface area contributed by atoms with Gasteiger partial charge in [0.25, 0.3) is 5.91 Å². The Bertz CT molecular complexity index is 1320. The maximum atomic E-state index is 14.8. The molecule has 1 aliphatic heterocycles. The van der Waals surface area contributed by atoms with Crippen molar-refractivity contribution in [1.29, 1.82) is 0 Å². The third kappa shape index (κ3) is 3.31. The van der Waals surface area contributed by atoms with Gasteiger partial charge in [-0.3, -0.25) is 9.59 Å². The number of halogens is 4. The molecule has 1 aliphatic carbocycles. The molecule has 1 fully saturated rings. The molecule has 176 valence electrons. The number of anilines is 1. The Morgan fingerprint density at radius 1 is 1.15 bits per heavy atom. The van der Waals surface area contributed by atoms with Crippen molar-refractivity contribution in [2.75, 3.05) is 4.90 Å². The summed E-state index contributed by atoms with van der Waals surface area (Å²) in [4.78, 5) is 25.4. The molecule has 1 aromatic heterocycles. The number of carbonyl (C=O) groups excluding carboxylic acids is 2. The summed E-state index contributed by atoms with van der Waals surface area (Å²) in [5, 5.41) is 8.18. The fourth-order valence-electron chi connectivity index (χ4n) is 5.36. The smallest absolute Gasteiger partial charge is 0.320 e. The van der Waals surface area contributed by atoms with Crippen molar-refractivity contribution in [2.45, 2.75) is 37.9 Å².